The SMILES string of the molecule is Cc1cc(C(NN)c2cccc(Cl)c2C)cs1. The molecule has 0 spiro atoms. The van der Waals surface area contributed by atoms with E-state index in [0.717, 1.165) is 16.1 Å². The van der Waals surface area contributed by atoms with E-state index in [2.05, 4.69) is 29.9 Å². The van der Waals surface area contributed by atoms with E-state index in [4.69, 9.17) is 17.4 Å². The van der Waals surface area contributed by atoms with Gasteiger partial charge in [0.15, 0.2) is 0 Å². The fourth-order valence-electron chi connectivity index (χ4n) is 1.92. The number of hydrogen-bond donors (Lipinski definition) is 2. The van der Waals surface area contributed by atoms with E-state index in [1.165, 1.54) is 10.4 Å². The van der Waals surface area contributed by atoms with Crippen molar-refractivity contribution in [2.45, 2.75) is 19.9 Å². The molecule has 2 nitrogen and oxygen atoms in total. The zero-order chi connectivity index (χ0) is 12.4. The Bertz CT molecular complexity index is 522. The summed E-state index contributed by atoms with van der Waals surface area (Å²) in [5.41, 5.74) is 6.24. The minimum Gasteiger partial charge on any atom is -0.271 e. The van der Waals surface area contributed by atoms with E-state index in [1.807, 2.05) is 19.1 Å². The highest BCUT2D eigenvalue weighted by molar-refractivity contribution is 7.10. The molecule has 17 heavy (non-hydrogen) atoms. The van der Waals surface area contributed by atoms with Gasteiger partial charge in [-0.1, -0.05) is 23.7 Å². The molecule has 0 amide bonds. The second kappa shape index (κ2) is 5.19. The van der Waals surface area contributed by atoms with Gasteiger partial charge in [0, 0.05) is 9.90 Å². The summed E-state index contributed by atoms with van der Waals surface area (Å²) in [6, 6.07) is 8.05. The Morgan fingerprint density at radius 3 is 2.71 bits per heavy atom. The Hall–Kier alpha value is -0.870. The zero-order valence-electron chi connectivity index (χ0n) is 9.83. The molecule has 1 heterocycles. The first-order chi connectivity index (χ1) is 8.13. The number of nitrogens with one attached hydrogen (secondary N) is 1. The molecule has 0 bridgehead atoms. The highest BCUT2D eigenvalue weighted by Crippen LogP contribution is 2.30. The number of hydrogen-bond acceptors (Lipinski definition) is 3. The van der Waals surface area contributed by atoms with Crippen LogP contribution in [0, 0.1) is 13.8 Å². The summed E-state index contributed by atoms with van der Waals surface area (Å²) in [6.07, 6.45) is 0. The molecule has 0 aliphatic carbocycles. The molecule has 0 aliphatic heterocycles. The van der Waals surface area contributed by atoms with Crippen LogP contribution in [0.5, 0.6) is 0 Å². The van der Waals surface area contributed by atoms with Crippen LogP contribution in [0.4, 0.5) is 0 Å². The lowest BCUT2D eigenvalue weighted by molar-refractivity contribution is 0.635. The molecule has 1 unspecified atom stereocenters. The Morgan fingerprint density at radius 1 is 1.35 bits per heavy atom. The van der Waals surface area contributed by atoms with Gasteiger partial charge in [-0.3, -0.25) is 5.84 Å². The van der Waals surface area contributed by atoms with Gasteiger partial charge in [0.05, 0.1) is 6.04 Å². The van der Waals surface area contributed by atoms with Crippen molar-refractivity contribution in [2.24, 2.45) is 5.84 Å². The molecule has 0 radical (unpaired) electrons. The van der Waals surface area contributed by atoms with Crippen LogP contribution < -0.4 is 11.3 Å². The number of nitrogens with two attached hydrogens (primary N) is 1. The average Bonchev–Trinajstić information content (AvgIpc) is 2.72. The molecule has 2 rings (SSSR count). The van der Waals surface area contributed by atoms with Crippen molar-refractivity contribution in [3.8, 4) is 0 Å². The van der Waals surface area contributed by atoms with Crippen molar-refractivity contribution in [1.82, 2.24) is 5.43 Å². The molecule has 2 aromatic rings. The predicted octanol–water partition coefficient (Wildman–Crippen LogP) is 3.57. The van der Waals surface area contributed by atoms with Crippen LogP contribution in [-0.2, 0) is 0 Å². The molecule has 1 atom stereocenters. The van der Waals surface area contributed by atoms with Gasteiger partial charge in [0.25, 0.3) is 0 Å². The molecule has 0 aliphatic rings. The maximum Gasteiger partial charge on any atom is 0.0721 e. The van der Waals surface area contributed by atoms with Crippen molar-refractivity contribution < 1.29 is 0 Å². The third-order valence-corrected chi connectivity index (χ3v) is 4.16. The molecule has 3 N–H and O–H groups in total. The lowest BCUT2D eigenvalue weighted by Crippen LogP contribution is -2.29. The quantitative estimate of drug-likeness (QED) is 0.658. The Labute approximate surface area is 110 Å². The highest BCUT2D eigenvalue weighted by Gasteiger charge is 2.16. The number of benzene rings is 1. The summed E-state index contributed by atoms with van der Waals surface area (Å²) in [5.74, 6) is 5.68. The van der Waals surface area contributed by atoms with E-state index < -0.39 is 0 Å². The van der Waals surface area contributed by atoms with Gasteiger partial charge in [-0.15, -0.1) is 11.3 Å². The van der Waals surface area contributed by atoms with E-state index in [1.54, 1.807) is 11.3 Å². The van der Waals surface area contributed by atoms with Crippen LogP contribution in [0.2, 0.25) is 5.02 Å². The van der Waals surface area contributed by atoms with Crippen LogP contribution in [0.15, 0.2) is 29.6 Å². The fourth-order valence-corrected chi connectivity index (χ4v) is 2.83. The summed E-state index contributed by atoms with van der Waals surface area (Å²) in [5, 5.41) is 2.90. The lowest BCUT2D eigenvalue weighted by Gasteiger charge is -2.18. The van der Waals surface area contributed by atoms with E-state index in [9.17, 15) is 0 Å². The van der Waals surface area contributed by atoms with Gasteiger partial charge in [0.1, 0.15) is 0 Å². The molecular formula is C13H15ClN2S. The summed E-state index contributed by atoms with van der Waals surface area (Å²) in [7, 11) is 0. The molecular weight excluding hydrogens is 252 g/mol. The van der Waals surface area contributed by atoms with Gasteiger partial charge in [-0.2, -0.15) is 0 Å². The standard InChI is InChI=1S/C13H15ClN2S/c1-8-6-10(7-17-8)13(16-15)11-4-3-5-12(14)9(11)2/h3-7,13,16H,15H2,1-2H3. The average molecular weight is 267 g/mol. The monoisotopic (exact) mass is 266 g/mol. The lowest BCUT2D eigenvalue weighted by atomic mass is 9.97. The molecule has 0 saturated carbocycles. The number of thiophene rings is 1. The van der Waals surface area contributed by atoms with Crippen molar-refractivity contribution in [3.05, 3.63) is 56.2 Å². The van der Waals surface area contributed by atoms with Crippen LogP contribution >= 0.6 is 22.9 Å². The molecule has 90 valence electrons. The van der Waals surface area contributed by atoms with E-state index >= 15 is 0 Å². The smallest absolute Gasteiger partial charge is 0.0721 e. The fraction of sp³-hybridized carbons (Fsp3) is 0.231. The maximum atomic E-state index is 6.14. The van der Waals surface area contributed by atoms with Crippen LogP contribution in [0.1, 0.15) is 27.6 Å². The van der Waals surface area contributed by atoms with Crippen LogP contribution in [0.3, 0.4) is 0 Å². The summed E-state index contributed by atoms with van der Waals surface area (Å²) in [6.45, 7) is 4.10. The third kappa shape index (κ3) is 2.53. The zero-order valence-corrected chi connectivity index (χ0v) is 11.4. The predicted molar refractivity (Wildman–Crippen MR) is 74.4 cm³/mol. The minimum absolute atomic E-state index is 0.00125. The first-order valence-electron chi connectivity index (χ1n) is 5.39. The van der Waals surface area contributed by atoms with Crippen molar-refractivity contribution >= 4 is 22.9 Å². The summed E-state index contributed by atoms with van der Waals surface area (Å²) in [4.78, 5) is 1.28. The third-order valence-electron chi connectivity index (χ3n) is 2.87. The van der Waals surface area contributed by atoms with Crippen molar-refractivity contribution in [2.75, 3.05) is 0 Å². The largest absolute Gasteiger partial charge is 0.271 e. The maximum absolute atomic E-state index is 6.14. The minimum atomic E-state index is -0.00125. The van der Waals surface area contributed by atoms with Gasteiger partial charge in [-0.25, -0.2) is 5.43 Å². The summed E-state index contributed by atoms with van der Waals surface area (Å²) < 4.78 is 0. The Kier molecular flexibility index (Phi) is 3.84. The summed E-state index contributed by atoms with van der Waals surface area (Å²) >= 11 is 7.87. The Balaban J connectivity index is 2.45. The van der Waals surface area contributed by atoms with Gasteiger partial charge in [0.2, 0.25) is 0 Å². The van der Waals surface area contributed by atoms with Gasteiger partial charge < -0.3 is 0 Å². The van der Waals surface area contributed by atoms with Gasteiger partial charge >= 0.3 is 0 Å². The van der Waals surface area contributed by atoms with Crippen LogP contribution in [0.25, 0.3) is 0 Å². The second-order valence-corrected chi connectivity index (χ2v) is 5.57. The van der Waals surface area contributed by atoms with Crippen LogP contribution in [-0.4, -0.2) is 0 Å². The molecule has 1 aromatic carbocycles. The number of hydrazine groups is 1. The van der Waals surface area contributed by atoms with Gasteiger partial charge in [-0.05, 0) is 48.1 Å². The van der Waals surface area contributed by atoms with E-state index in [0.29, 0.717) is 0 Å². The molecule has 4 heteroatoms. The second-order valence-electron chi connectivity index (χ2n) is 4.04. The normalized spacial score (nSPS) is 12.7. The molecule has 0 fully saturated rings. The molecule has 0 saturated heterocycles. The topological polar surface area (TPSA) is 38.0 Å². The molecule has 1 aromatic heterocycles. The number of aryl methyl sites for hydroxylation is 1. The first kappa shape index (κ1) is 12.6. The highest BCUT2D eigenvalue weighted by atomic mass is 35.5. The Morgan fingerprint density at radius 2 is 2.12 bits per heavy atom. The number of rotatable bonds is 3. The number of halogens is 1. The van der Waals surface area contributed by atoms with Crippen molar-refractivity contribution in [3.63, 3.8) is 0 Å². The van der Waals surface area contributed by atoms with Crippen molar-refractivity contribution in [1.29, 1.82) is 0 Å². The van der Waals surface area contributed by atoms with E-state index in [-0.39, 0.29) is 6.04 Å². The first-order valence-corrected chi connectivity index (χ1v) is 6.65.